The zero-order valence-corrected chi connectivity index (χ0v) is 22.0. The monoisotopic (exact) mass is 524 g/mol. The van der Waals surface area contributed by atoms with Crippen LogP contribution in [-0.4, -0.2) is 64.4 Å². The lowest BCUT2D eigenvalue weighted by Crippen LogP contribution is -2.42. The van der Waals surface area contributed by atoms with Crippen molar-refractivity contribution in [3.8, 4) is 5.75 Å². The summed E-state index contributed by atoms with van der Waals surface area (Å²) >= 11 is 0. The van der Waals surface area contributed by atoms with Crippen molar-refractivity contribution < 1.29 is 18.7 Å². The highest BCUT2D eigenvalue weighted by Gasteiger charge is 2.37. The molecular weight excluding hydrogens is 491 g/mol. The summed E-state index contributed by atoms with van der Waals surface area (Å²) in [5.41, 5.74) is 1.04. The highest BCUT2D eigenvalue weighted by Crippen LogP contribution is 2.39. The first-order valence-electron chi connectivity index (χ1n) is 13.2. The predicted molar refractivity (Wildman–Crippen MR) is 142 cm³/mol. The maximum Gasteiger partial charge on any atom is 0.280 e. The highest BCUT2D eigenvalue weighted by atomic mass is 19.1. The molecule has 10 nitrogen and oxygen atoms in total. The lowest BCUT2D eigenvalue weighted by molar-refractivity contribution is 0.0685. The van der Waals surface area contributed by atoms with Gasteiger partial charge in [0.2, 0.25) is 0 Å². The first-order chi connectivity index (χ1) is 18.3. The first-order valence-corrected chi connectivity index (χ1v) is 13.2. The van der Waals surface area contributed by atoms with Crippen molar-refractivity contribution in [3.05, 3.63) is 51.2 Å². The Kier molecular flexibility index (Phi) is 7.09. The van der Waals surface area contributed by atoms with Gasteiger partial charge in [-0.15, -0.1) is 5.10 Å². The van der Waals surface area contributed by atoms with Gasteiger partial charge >= 0.3 is 0 Å². The van der Waals surface area contributed by atoms with Gasteiger partial charge in [-0.3, -0.25) is 14.4 Å². The van der Waals surface area contributed by atoms with Crippen LogP contribution >= 0.6 is 0 Å². The number of amides is 2. The number of benzene rings is 1. The van der Waals surface area contributed by atoms with E-state index in [0.717, 1.165) is 25.7 Å². The number of methoxy groups -OCH3 is 1. The third kappa shape index (κ3) is 4.39. The van der Waals surface area contributed by atoms with Gasteiger partial charge in [-0.1, -0.05) is 18.9 Å². The number of anilines is 1. The Labute approximate surface area is 219 Å². The maximum atomic E-state index is 14.1. The van der Waals surface area contributed by atoms with Crippen LogP contribution in [0.25, 0.3) is 10.9 Å². The summed E-state index contributed by atoms with van der Waals surface area (Å²) in [7, 11) is 1.45. The number of nitrogens with zero attached hydrogens (tertiary/aromatic N) is 4. The number of nitrogens with one attached hydrogen (secondary N) is 2. The van der Waals surface area contributed by atoms with E-state index in [1.54, 1.807) is 4.90 Å². The SMILES string of the molecule is CCN1CC(C)n2c(c(OC)c3c(=O)n4nc(c32)NCCCCCCNC(=O)c2cc(F)ccc2C4)C1=O. The average molecular weight is 525 g/mol. The van der Waals surface area contributed by atoms with Gasteiger partial charge in [-0.25, -0.2) is 9.07 Å². The lowest BCUT2D eigenvalue weighted by atomic mass is 10.1. The van der Waals surface area contributed by atoms with Gasteiger partial charge in [0, 0.05) is 37.8 Å². The molecule has 0 saturated heterocycles. The minimum Gasteiger partial charge on any atom is -0.493 e. The van der Waals surface area contributed by atoms with E-state index in [2.05, 4.69) is 15.7 Å². The van der Waals surface area contributed by atoms with E-state index in [9.17, 15) is 18.8 Å². The molecule has 0 radical (unpaired) electrons. The van der Waals surface area contributed by atoms with Gasteiger partial charge in [-0.05, 0) is 44.4 Å². The number of hydrogen-bond donors (Lipinski definition) is 2. The summed E-state index contributed by atoms with van der Waals surface area (Å²) in [5, 5.41) is 11.2. The lowest BCUT2D eigenvalue weighted by Gasteiger charge is -2.32. The first kappa shape index (κ1) is 25.7. The molecule has 1 aromatic carbocycles. The average Bonchev–Trinajstić information content (AvgIpc) is 3.26. The Morgan fingerprint density at radius 1 is 1.11 bits per heavy atom. The Morgan fingerprint density at radius 3 is 2.55 bits per heavy atom. The van der Waals surface area contributed by atoms with Gasteiger partial charge < -0.3 is 24.8 Å². The summed E-state index contributed by atoms with van der Waals surface area (Å²) in [6.07, 6.45) is 3.54. The van der Waals surface area contributed by atoms with E-state index in [4.69, 9.17) is 4.74 Å². The second kappa shape index (κ2) is 10.5. The van der Waals surface area contributed by atoms with Crippen LogP contribution < -0.4 is 20.9 Å². The Morgan fingerprint density at radius 2 is 1.84 bits per heavy atom. The third-order valence-corrected chi connectivity index (χ3v) is 7.37. The minimum atomic E-state index is -0.537. The van der Waals surface area contributed by atoms with Crippen molar-refractivity contribution in [2.45, 2.75) is 52.1 Å². The number of aromatic nitrogens is 3. The fourth-order valence-corrected chi connectivity index (χ4v) is 5.48. The molecule has 2 bridgehead atoms. The summed E-state index contributed by atoms with van der Waals surface area (Å²) in [5.74, 6) is -0.441. The third-order valence-electron chi connectivity index (χ3n) is 7.37. The summed E-state index contributed by atoms with van der Waals surface area (Å²) in [6.45, 7) is 6.03. The topological polar surface area (TPSA) is 110 Å². The zero-order valence-electron chi connectivity index (χ0n) is 22.0. The number of halogens is 1. The molecule has 2 aliphatic heterocycles. The molecule has 2 aliphatic rings. The fourth-order valence-electron chi connectivity index (χ4n) is 5.48. The molecule has 4 heterocycles. The molecule has 202 valence electrons. The van der Waals surface area contributed by atoms with Gasteiger partial charge in [-0.2, -0.15) is 0 Å². The van der Waals surface area contributed by atoms with E-state index in [0.29, 0.717) is 48.8 Å². The fraction of sp³-hybridized carbons (Fsp3) is 0.481. The Hall–Kier alpha value is -3.89. The van der Waals surface area contributed by atoms with Crippen molar-refractivity contribution in [3.63, 3.8) is 0 Å². The smallest absolute Gasteiger partial charge is 0.280 e. The van der Waals surface area contributed by atoms with E-state index < -0.39 is 17.3 Å². The molecule has 1 atom stereocenters. The van der Waals surface area contributed by atoms with Crippen LogP contribution in [0, 0.1) is 5.82 Å². The largest absolute Gasteiger partial charge is 0.493 e. The molecule has 38 heavy (non-hydrogen) atoms. The number of fused-ring (bicyclic) bond motifs is 7. The highest BCUT2D eigenvalue weighted by molar-refractivity contribution is 6.07. The molecule has 2 N–H and O–H groups in total. The Balaban J connectivity index is 1.75. The summed E-state index contributed by atoms with van der Waals surface area (Å²) in [6, 6.07) is 3.84. The molecule has 5 rings (SSSR count). The number of likely N-dealkylation sites (N-methyl/N-ethyl adjacent to an activating group) is 1. The van der Waals surface area contributed by atoms with E-state index in [-0.39, 0.29) is 35.2 Å². The number of carbonyl (C=O) groups excluding carboxylic acids is 2. The van der Waals surface area contributed by atoms with Crippen LogP contribution in [0.4, 0.5) is 10.2 Å². The van der Waals surface area contributed by atoms with E-state index >= 15 is 0 Å². The van der Waals surface area contributed by atoms with Crippen LogP contribution in [0.3, 0.4) is 0 Å². The van der Waals surface area contributed by atoms with Crippen LogP contribution in [-0.2, 0) is 6.54 Å². The molecule has 2 amide bonds. The molecule has 0 fully saturated rings. The molecule has 1 unspecified atom stereocenters. The number of ether oxygens (including phenoxy) is 1. The number of rotatable bonds is 2. The second-order valence-corrected chi connectivity index (χ2v) is 9.88. The van der Waals surface area contributed by atoms with Gasteiger partial charge in [0.1, 0.15) is 16.7 Å². The van der Waals surface area contributed by atoms with Gasteiger partial charge in [0.15, 0.2) is 17.3 Å². The standard InChI is InChI=1S/C27H33FN6O4/c1-4-32-14-16(2)34-21-20(23(38-3)22(34)27(32)37)26(36)33-15-17-9-10-18(28)13-19(17)25(35)30-12-8-6-5-7-11-29-24(21)31-33/h9-10,13,16H,4-8,11-12,14-15H2,1-3H3,(H,29,31)(H,30,35). The molecular formula is C27H33FN6O4. The summed E-state index contributed by atoms with van der Waals surface area (Å²) in [4.78, 5) is 42.0. The van der Waals surface area contributed by atoms with Crippen LogP contribution in [0.2, 0.25) is 0 Å². The normalized spacial score (nSPS) is 18.6. The van der Waals surface area contributed by atoms with Crippen molar-refractivity contribution in [1.29, 1.82) is 0 Å². The predicted octanol–water partition coefficient (Wildman–Crippen LogP) is 3.15. The van der Waals surface area contributed by atoms with Crippen molar-refractivity contribution in [2.24, 2.45) is 0 Å². The number of carbonyl (C=O) groups is 2. The van der Waals surface area contributed by atoms with Crippen LogP contribution in [0.15, 0.2) is 23.0 Å². The van der Waals surface area contributed by atoms with Crippen molar-refractivity contribution >= 4 is 28.5 Å². The zero-order chi connectivity index (χ0) is 27.0. The molecule has 0 aliphatic carbocycles. The molecule has 2 aromatic heterocycles. The van der Waals surface area contributed by atoms with Gasteiger partial charge in [0.25, 0.3) is 17.4 Å². The molecule has 11 heteroatoms. The molecule has 0 spiro atoms. The van der Waals surface area contributed by atoms with Crippen LogP contribution in [0.1, 0.15) is 72.0 Å². The van der Waals surface area contributed by atoms with Crippen molar-refractivity contribution in [2.75, 3.05) is 38.6 Å². The number of hydrogen-bond acceptors (Lipinski definition) is 6. The second-order valence-electron chi connectivity index (χ2n) is 9.88. The van der Waals surface area contributed by atoms with Gasteiger partial charge in [0.05, 0.1) is 13.7 Å². The van der Waals surface area contributed by atoms with Crippen LogP contribution in [0.5, 0.6) is 5.75 Å². The quantitative estimate of drug-likeness (QED) is 0.533. The minimum absolute atomic E-state index is 0.0548. The maximum absolute atomic E-state index is 14.1. The van der Waals surface area contributed by atoms with E-state index in [1.165, 1.54) is 30.0 Å². The molecule has 3 aromatic rings. The molecule has 0 saturated carbocycles. The Bertz CT molecular complexity index is 1460. The van der Waals surface area contributed by atoms with E-state index in [1.807, 2.05) is 18.4 Å². The van der Waals surface area contributed by atoms with Crippen molar-refractivity contribution in [1.82, 2.24) is 24.6 Å². The summed E-state index contributed by atoms with van der Waals surface area (Å²) < 4.78 is 23.0.